The first-order valence-corrected chi connectivity index (χ1v) is 7.42. The summed E-state index contributed by atoms with van der Waals surface area (Å²) in [6.07, 6.45) is 2.27. The van der Waals surface area contributed by atoms with Crippen LogP contribution >= 0.6 is 11.6 Å². The first-order valence-electron chi connectivity index (χ1n) is 7.05. The first kappa shape index (κ1) is 16.4. The summed E-state index contributed by atoms with van der Waals surface area (Å²) >= 11 is 5.96. The second-order valence-corrected chi connectivity index (χ2v) is 5.02. The van der Waals surface area contributed by atoms with E-state index in [2.05, 4.69) is 24.1 Å². The van der Waals surface area contributed by atoms with Gasteiger partial charge in [-0.2, -0.15) is 0 Å². The molecule has 0 aliphatic rings. The molecular weight excluding hydrogens is 263 g/mol. The van der Waals surface area contributed by atoms with E-state index in [-0.39, 0.29) is 5.82 Å². The van der Waals surface area contributed by atoms with Gasteiger partial charge in [-0.25, -0.2) is 4.39 Å². The molecule has 1 N–H and O–H groups in total. The highest BCUT2D eigenvalue weighted by Gasteiger charge is 2.05. The summed E-state index contributed by atoms with van der Waals surface area (Å²) in [6, 6.07) is 4.80. The molecule has 0 aliphatic carbocycles. The van der Waals surface area contributed by atoms with Gasteiger partial charge in [0.1, 0.15) is 5.82 Å². The Bertz CT molecular complexity index is 347. The van der Waals surface area contributed by atoms with Gasteiger partial charge < -0.3 is 10.2 Å². The number of benzene rings is 1. The number of hydrogen-bond donors (Lipinski definition) is 1. The van der Waals surface area contributed by atoms with Gasteiger partial charge in [0.15, 0.2) is 0 Å². The van der Waals surface area contributed by atoms with Crippen LogP contribution in [0.15, 0.2) is 18.2 Å². The summed E-state index contributed by atoms with van der Waals surface area (Å²) in [6.45, 7) is 9.10. The van der Waals surface area contributed by atoms with Crippen LogP contribution < -0.4 is 5.32 Å². The molecule has 2 nitrogen and oxygen atoms in total. The molecule has 0 unspecified atom stereocenters. The number of unbranched alkanes of at least 4 members (excludes halogenated alkanes) is 1. The summed E-state index contributed by atoms with van der Waals surface area (Å²) in [5, 5.41) is 3.75. The fourth-order valence-electron chi connectivity index (χ4n) is 2.04. The Kier molecular flexibility index (Phi) is 8.03. The number of hydrogen-bond acceptors (Lipinski definition) is 2. The van der Waals surface area contributed by atoms with Gasteiger partial charge in [-0.05, 0) is 51.2 Å². The fourth-order valence-corrected chi connectivity index (χ4v) is 2.27. The van der Waals surface area contributed by atoms with Crippen LogP contribution in [0.5, 0.6) is 0 Å². The van der Waals surface area contributed by atoms with Crippen molar-refractivity contribution in [3.63, 3.8) is 0 Å². The van der Waals surface area contributed by atoms with Crippen molar-refractivity contribution in [1.29, 1.82) is 0 Å². The number of rotatable bonds is 9. The lowest BCUT2D eigenvalue weighted by molar-refractivity contribution is 0.296. The standard InChI is InChI=1S/C15H24ClFN2/c1-3-19(4-2)11-6-5-10-18-12-13-14(16)8-7-9-15(13)17/h7-9,18H,3-6,10-12H2,1-2H3. The maximum atomic E-state index is 13.5. The van der Waals surface area contributed by atoms with E-state index in [1.54, 1.807) is 12.1 Å². The van der Waals surface area contributed by atoms with Crippen molar-refractivity contribution in [2.45, 2.75) is 33.2 Å². The van der Waals surface area contributed by atoms with E-state index in [1.807, 2.05) is 0 Å². The molecule has 19 heavy (non-hydrogen) atoms. The SMILES string of the molecule is CCN(CC)CCCCNCc1c(F)cccc1Cl. The van der Waals surface area contributed by atoms with Crippen LogP contribution in [0.2, 0.25) is 5.02 Å². The third kappa shape index (κ3) is 5.89. The molecule has 0 spiro atoms. The van der Waals surface area contributed by atoms with Gasteiger partial charge in [0.05, 0.1) is 0 Å². The molecule has 4 heteroatoms. The number of halogens is 2. The van der Waals surface area contributed by atoms with E-state index < -0.39 is 0 Å². The normalized spacial score (nSPS) is 11.2. The zero-order chi connectivity index (χ0) is 14.1. The monoisotopic (exact) mass is 286 g/mol. The topological polar surface area (TPSA) is 15.3 Å². The second-order valence-electron chi connectivity index (χ2n) is 4.61. The van der Waals surface area contributed by atoms with Crippen molar-refractivity contribution in [1.82, 2.24) is 10.2 Å². The van der Waals surface area contributed by atoms with E-state index in [1.165, 1.54) is 12.5 Å². The highest BCUT2D eigenvalue weighted by Crippen LogP contribution is 2.18. The van der Waals surface area contributed by atoms with E-state index in [0.29, 0.717) is 17.1 Å². The van der Waals surface area contributed by atoms with Crippen LogP contribution in [0.1, 0.15) is 32.3 Å². The molecule has 0 bridgehead atoms. The van der Waals surface area contributed by atoms with E-state index in [0.717, 1.165) is 32.6 Å². The zero-order valence-corrected chi connectivity index (χ0v) is 12.6. The molecule has 0 atom stereocenters. The van der Waals surface area contributed by atoms with Crippen molar-refractivity contribution in [2.24, 2.45) is 0 Å². The van der Waals surface area contributed by atoms with E-state index >= 15 is 0 Å². The molecular formula is C15H24ClFN2. The zero-order valence-electron chi connectivity index (χ0n) is 11.9. The highest BCUT2D eigenvalue weighted by atomic mass is 35.5. The molecule has 0 fully saturated rings. The van der Waals surface area contributed by atoms with Crippen LogP contribution in [-0.2, 0) is 6.54 Å². The predicted octanol–water partition coefficient (Wildman–Crippen LogP) is 3.69. The maximum absolute atomic E-state index is 13.5. The van der Waals surface area contributed by atoms with Gasteiger partial charge in [0.25, 0.3) is 0 Å². The van der Waals surface area contributed by atoms with Gasteiger partial charge in [-0.3, -0.25) is 0 Å². The average molecular weight is 287 g/mol. The van der Waals surface area contributed by atoms with Gasteiger partial charge in [-0.1, -0.05) is 31.5 Å². The molecule has 0 heterocycles. The Morgan fingerprint density at radius 3 is 2.58 bits per heavy atom. The molecule has 1 aromatic carbocycles. The van der Waals surface area contributed by atoms with Crippen molar-refractivity contribution >= 4 is 11.6 Å². The minimum Gasteiger partial charge on any atom is -0.313 e. The summed E-state index contributed by atoms with van der Waals surface area (Å²) < 4.78 is 13.5. The summed E-state index contributed by atoms with van der Waals surface area (Å²) in [7, 11) is 0. The molecule has 0 aromatic heterocycles. The van der Waals surface area contributed by atoms with Gasteiger partial charge in [-0.15, -0.1) is 0 Å². The minimum absolute atomic E-state index is 0.233. The van der Waals surface area contributed by atoms with Gasteiger partial charge >= 0.3 is 0 Å². The Morgan fingerprint density at radius 2 is 1.95 bits per heavy atom. The molecule has 0 saturated carbocycles. The Balaban J connectivity index is 2.17. The third-order valence-corrected chi connectivity index (χ3v) is 3.69. The number of nitrogens with zero attached hydrogens (tertiary/aromatic N) is 1. The van der Waals surface area contributed by atoms with Crippen LogP contribution in [0.25, 0.3) is 0 Å². The summed E-state index contributed by atoms with van der Waals surface area (Å²) in [5.74, 6) is -0.233. The Labute approximate surface area is 120 Å². The molecule has 108 valence electrons. The van der Waals surface area contributed by atoms with Gasteiger partial charge in [0, 0.05) is 17.1 Å². The molecule has 1 aromatic rings. The summed E-state index contributed by atoms with van der Waals surface area (Å²) in [5.41, 5.74) is 0.563. The van der Waals surface area contributed by atoms with Crippen LogP contribution in [0.4, 0.5) is 4.39 Å². The highest BCUT2D eigenvalue weighted by molar-refractivity contribution is 6.31. The largest absolute Gasteiger partial charge is 0.313 e. The molecule has 0 saturated heterocycles. The lowest BCUT2D eigenvalue weighted by Gasteiger charge is -2.17. The van der Waals surface area contributed by atoms with E-state index in [4.69, 9.17) is 11.6 Å². The third-order valence-electron chi connectivity index (χ3n) is 3.34. The van der Waals surface area contributed by atoms with Gasteiger partial charge in [0.2, 0.25) is 0 Å². The fraction of sp³-hybridized carbons (Fsp3) is 0.600. The van der Waals surface area contributed by atoms with Crippen molar-refractivity contribution in [3.8, 4) is 0 Å². The van der Waals surface area contributed by atoms with Crippen LogP contribution in [-0.4, -0.2) is 31.1 Å². The molecule has 0 radical (unpaired) electrons. The minimum atomic E-state index is -0.233. The predicted molar refractivity (Wildman–Crippen MR) is 80.1 cm³/mol. The Morgan fingerprint density at radius 1 is 1.21 bits per heavy atom. The second kappa shape index (κ2) is 9.29. The van der Waals surface area contributed by atoms with Crippen molar-refractivity contribution in [3.05, 3.63) is 34.6 Å². The molecule has 0 aliphatic heterocycles. The van der Waals surface area contributed by atoms with E-state index in [9.17, 15) is 4.39 Å². The molecule has 0 amide bonds. The van der Waals surface area contributed by atoms with Crippen LogP contribution in [0.3, 0.4) is 0 Å². The lowest BCUT2D eigenvalue weighted by atomic mass is 10.2. The smallest absolute Gasteiger partial charge is 0.129 e. The number of nitrogens with one attached hydrogen (secondary N) is 1. The Hall–Kier alpha value is -0.640. The molecule has 1 rings (SSSR count). The van der Waals surface area contributed by atoms with Crippen molar-refractivity contribution in [2.75, 3.05) is 26.2 Å². The maximum Gasteiger partial charge on any atom is 0.129 e. The van der Waals surface area contributed by atoms with Crippen LogP contribution in [0, 0.1) is 5.82 Å². The quantitative estimate of drug-likeness (QED) is 0.697. The first-order chi connectivity index (χ1) is 9.19. The van der Waals surface area contributed by atoms with Crippen molar-refractivity contribution < 1.29 is 4.39 Å². The lowest BCUT2D eigenvalue weighted by Crippen LogP contribution is -2.25. The average Bonchev–Trinajstić information content (AvgIpc) is 2.41. The summed E-state index contributed by atoms with van der Waals surface area (Å²) in [4.78, 5) is 2.41.